The van der Waals surface area contributed by atoms with Crippen molar-refractivity contribution >= 4 is 5.97 Å². The minimum Gasteiger partial charge on any atom is -0.452 e. The molecule has 124 valence electrons. The number of halogens is 5. The zero-order valence-electron chi connectivity index (χ0n) is 11.4. The number of carbonyl (C=O) groups excluding carboxylic acids is 1. The van der Waals surface area contributed by atoms with Gasteiger partial charge >= 0.3 is 23.9 Å². The van der Waals surface area contributed by atoms with E-state index in [0.29, 0.717) is 0 Å². The van der Waals surface area contributed by atoms with Gasteiger partial charge in [0.15, 0.2) is 5.60 Å². The summed E-state index contributed by atoms with van der Waals surface area (Å²) in [6, 6.07) is 0. The third-order valence-electron chi connectivity index (χ3n) is 4.82. The smallest absolute Gasteiger partial charge is 0.449 e. The second-order valence-electron chi connectivity index (χ2n) is 5.91. The van der Waals surface area contributed by atoms with E-state index in [4.69, 9.17) is 4.74 Å². The summed E-state index contributed by atoms with van der Waals surface area (Å²) in [5.74, 6) is -13.4. The number of rotatable bonds is 1. The lowest BCUT2D eigenvalue weighted by molar-refractivity contribution is -0.481. The Balaban J connectivity index is 2.17. The highest BCUT2D eigenvalue weighted by atomic mass is 19.4. The normalized spacial score (nSPS) is 45.7. The number of hydrogen-bond donors (Lipinski definition) is 1. The van der Waals surface area contributed by atoms with Crippen LogP contribution in [0.5, 0.6) is 0 Å². The van der Waals surface area contributed by atoms with Gasteiger partial charge in [-0.05, 0) is 12.3 Å². The van der Waals surface area contributed by atoms with Crippen LogP contribution in [0, 0.1) is 17.8 Å². The Morgan fingerprint density at radius 1 is 1.36 bits per heavy atom. The maximum absolute atomic E-state index is 14.8. The lowest BCUT2D eigenvalue weighted by atomic mass is 9.69. The lowest BCUT2D eigenvalue weighted by Gasteiger charge is -2.54. The first-order chi connectivity index (χ1) is 9.97. The van der Waals surface area contributed by atoms with Crippen LogP contribution in [-0.2, 0) is 14.3 Å². The van der Waals surface area contributed by atoms with Gasteiger partial charge in [-0.1, -0.05) is 12.2 Å². The molecule has 3 aliphatic rings. The third-order valence-corrected chi connectivity index (χ3v) is 4.82. The number of aliphatic hydroxyl groups is 1. The van der Waals surface area contributed by atoms with Gasteiger partial charge in [0.25, 0.3) is 0 Å². The standard InChI is InChI=1S/C13H13F5O4/c1-6(19)22-10-8-3-2-7(4-8)9(10)5-21-12(20,11(10,14)15)13(16,17)18/h2-3,7-9,20H,4-5H2,1H3. The van der Waals surface area contributed by atoms with E-state index in [2.05, 4.69) is 4.74 Å². The number of alkyl halides is 5. The van der Waals surface area contributed by atoms with Crippen LogP contribution in [0.3, 0.4) is 0 Å². The summed E-state index contributed by atoms with van der Waals surface area (Å²) >= 11 is 0. The first kappa shape index (κ1) is 15.7. The molecule has 1 aliphatic heterocycles. The Hall–Kier alpha value is -1.22. The van der Waals surface area contributed by atoms with E-state index in [0.717, 1.165) is 6.92 Å². The highest BCUT2D eigenvalue weighted by molar-refractivity contribution is 5.67. The van der Waals surface area contributed by atoms with Gasteiger partial charge in [0.1, 0.15) is 0 Å². The van der Waals surface area contributed by atoms with Gasteiger partial charge in [-0.3, -0.25) is 4.79 Å². The second-order valence-corrected chi connectivity index (χ2v) is 5.91. The maximum atomic E-state index is 14.8. The fourth-order valence-electron chi connectivity index (χ4n) is 3.93. The third kappa shape index (κ3) is 1.56. The van der Waals surface area contributed by atoms with Crippen molar-refractivity contribution in [2.45, 2.75) is 36.8 Å². The lowest BCUT2D eigenvalue weighted by Crippen LogP contribution is -2.77. The average molecular weight is 328 g/mol. The molecule has 5 atom stereocenters. The van der Waals surface area contributed by atoms with Crippen LogP contribution in [0.4, 0.5) is 22.0 Å². The molecule has 1 saturated carbocycles. The van der Waals surface area contributed by atoms with Gasteiger partial charge in [-0.25, -0.2) is 0 Å². The minimum absolute atomic E-state index is 0.130. The number of esters is 1. The fourth-order valence-corrected chi connectivity index (χ4v) is 3.93. The summed E-state index contributed by atoms with van der Waals surface area (Å²) in [7, 11) is 0. The van der Waals surface area contributed by atoms with Gasteiger partial charge in [0, 0.05) is 18.8 Å². The Bertz CT molecular complexity index is 545. The van der Waals surface area contributed by atoms with E-state index >= 15 is 0 Å². The molecule has 1 N–H and O–H groups in total. The molecule has 2 aliphatic carbocycles. The molecular weight excluding hydrogens is 315 g/mol. The molecule has 2 bridgehead atoms. The van der Waals surface area contributed by atoms with Gasteiger partial charge in [0.05, 0.1) is 6.61 Å². The molecule has 0 aromatic heterocycles. The maximum Gasteiger partial charge on any atom is 0.449 e. The monoisotopic (exact) mass is 328 g/mol. The second kappa shape index (κ2) is 4.19. The number of carbonyl (C=O) groups is 1. The summed E-state index contributed by atoms with van der Waals surface area (Å²) < 4.78 is 77.5. The Morgan fingerprint density at radius 2 is 2.00 bits per heavy atom. The summed E-state index contributed by atoms with van der Waals surface area (Å²) in [6.07, 6.45) is -2.68. The fraction of sp³-hybridized carbons (Fsp3) is 0.769. The molecule has 0 radical (unpaired) electrons. The van der Waals surface area contributed by atoms with Crippen LogP contribution in [-0.4, -0.2) is 41.2 Å². The molecule has 4 nitrogen and oxygen atoms in total. The average Bonchev–Trinajstić information content (AvgIpc) is 2.93. The van der Waals surface area contributed by atoms with Crippen molar-refractivity contribution in [2.24, 2.45) is 17.8 Å². The first-order valence-corrected chi connectivity index (χ1v) is 6.66. The molecule has 0 aromatic carbocycles. The zero-order chi connectivity index (χ0) is 16.6. The van der Waals surface area contributed by atoms with Crippen LogP contribution >= 0.6 is 0 Å². The molecule has 1 saturated heterocycles. The summed E-state index contributed by atoms with van der Waals surface area (Å²) in [4.78, 5) is 11.3. The van der Waals surface area contributed by atoms with Crippen molar-refractivity contribution in [1.29, 1.82) is 0 Å². The van der Waals surface area contributed by atoms with E-state index in [1.54, 1.807) is 6.08 Å². The summed E-state index contributed by atoms with van der Waals surface area (Å²) in [6.45, 7) is 0.0735. The Morgan fingerprint density at radius 3 is 2.55 bits per heavy atom. The van der Waals surface area contributed by atoms with Crippen molar-refractivity contribution in [3.8, 4) is 0 Å². The number of fused-ring (bicyclic) bond motifs is 5. The predicted molar refractivity (Wildman–Crippen MR) is 60.6 cm³/mol. The SMILES string of the molecule is CC(=O)OC12C3C=CC(C3)C1COC(O)(C(F)(F)F)C2(F)F. The molecule has 0 spiro atoms. The number of ether oxygens (including phenoxy) is 2. The van der Waals surface area contributed by atoms with Crippen LogP contribution < -0.4 is 0 Å². The summed E-state index contributed by atoms with van der Waals surface area (Å²) in [5.41, 5.74) is -2.75. The van der Waals surface area contributed by atoms with Gasteiger partial charge in [-0.2, -0.15) is 22.0 Å². The first-order valence-electron chi connectivity index (χ1n) is 6.66. The van der Waals surface area contributed by atoms with Crippen molar-refractivity contribution in [1.82, 2.24) is 0 Å². The topological polar surface area (TPSA) is 55.8 Å². The zero-order valence-corrected chi connectivity index (χ0v) is 11.4. The van der Waals surface area contributed by atoms with E-state index in [1.807, 2.05) is 0 Å². The van der Waals surface area contributed by atoms with Crippen molar-refractivity contribution in [3.63, 3.8) is 0 Å². The van der Waals surface area contributed by atoms with E-state index in [-0.39, 0.29) is 6.42 Å². The summed E-state index contributed by atoms with van der Waals surface area (Å²) in [5, 5.41) is 9.58. The van der Waals surface area contributed by atoms with Gasteiger partial charge in [-0.15, -0.1) is 0 Å². The van der Waals surface area contributed by atoms with E-state index in [9.17, 15) is 31.9 Å². The van der Waals surface area contributed by atoms with E-state index < -0.39 is 53.8 Å². The largest absolute Gasteiger partial charge is 0.452 e. The predicted octanol–water partition coefficient (Wildman–Crippen LogP) is 2.03. The van der Waals surface area contributed by atoms with Crippen LogP contribution in [0.2, 0.25) is 0 Å². The van der Waals surface area contributed by atoms with Gasteiger partial charge < -0.3 is 14.6 Å². The Kier molecular flexibility index (Phi) is 2.99. The van der Waals surface area contributed by atoms with Crippen LogP contribution in [0.15, 0.2) is 12.2 Å². The number of allylic oxidation sites excluding steroid dienone is 1. The molecule has 0 amide bonds. The van der Waals surface area contributed by atoms with E-state index in [1.165, 1.54) is 6.08 Å². The van der Waals surface area contributed by atoms with Crippen molar-refractivity contribution < 1.29 is 41.3 Å². The molecule has 0 aromatic rings. The van der Waals surface area contributed by atoms with Crippen LogP contribution in [0.25, 0.3) is 0 Å². The molecule has 22 heavy (non-hydrogen) atoms. The molecule has 1 heterocycles. The van der Waals surface area contributed by atoms with Crippen molar-refractivity contribution in [2.75, 3.05) is 6.61 Å². The van der Waals surface area contributed by atoms with Gasteiger partial charge in [0.2, 0.25) is 0 Å². The highest BCUT2D eigenvalue weighted by Crippen LogP contribution is 2.65. The van der Waals surface area contributed by atoms with Crippen LogP contribution in [0.1, 0.15) is 13.3 Å². The molecule has 3 rings (SSSR count). The van der Waals surface area contributed by atoms with Crippen molar-refractivity contribution in [3.05, 3.63) is 12.2 Å². The number of hydrogen-bond acceptors (Lipinski definition) is 4. The molecule has 9 heteroatoms. The molecule has 2 fully saturated rings. The minimum atomic E-state index is -5.74. The Labute approximate surface area is 121 Å². The molecule has 5 unspecified atom stereocenters. The molecular formula is C13H13F5O4. The highest BCUT2D eigenvalue weighted by Gasteiger charge is 2.86. The quantitative estimate of drug-likeness (QED) is 0.455.